The van der Waals surface area contributed by atoms with E-state index in [0.29, 0.717) is 66.7 Å². The Morgan fingerprint density at radius 2 is 1.83 bits per heavy atom. The summed E-state index contributed by atoms with van der Waals surface area (Å²) >= 11 is 12.5. The van der Waals surface area contributed by atoms with Crippen molar-refractivity contribution in [2.75, 3.05) is 37.6 Å². The second kappa shape index (κ2) is 9.81. The summed E-state index contributed by atoms with van der Waals surface area (Å²) in [4.78, 5) is 12.9. The van der Waals surface area contributed by atoms with Gasteiger partial charge in [-0.05, 0) is 42.7 Å². The molecule has 1 saturated heterocycles. The first-order chi connectivity index (χ1) is 17.2. The minimum Gasteiger partial charge on any atom is -0.354 e. The molecule has 2 fully saturated rings. The summed E-state index contributed by atoms with van der Waals surface area (Å²) in [6, 6.07) is 7.93. The van der Waals surface area contributed by atoms with Gasteiger partial charge in [-0.15, -0.1) is 0 Å². The van der Waals surface area contributed by atoms with E-state index in [2.05, 4.69) is 15.0 Å². The average molecular weight is 541 g/mol. The van der Waals surface area contributed by atoms with E-state index in [9.17, 15) is 13.2 Å². The van der Waals surface area contributed by atoms with Crippen LogP contribution in [0.1, 0.15) is 35.7 Å². The smallest absolute Gasteiger partial charge is 0.354 e. The number of hydrogen-bond acceptors (Lipinski definition) is 7. The molecular formula is C24H25Cl2F3N6O. The Balaban J connectivity index is 1.21. The third-order valence-corrected chi connectivity index (χ3v) is 7.55. The molecule has 12 heteroatoms. The summed E-state index contributed by atoms with van der Waals surface area (Å²) in [5.41, 5.74) is 5.94. The molecule has 3 aromatic rings. The maximum absolute atomic E-state index is 12.8. The van der Waals surface area contributed by atoms with Crippen LogP contribution >= 0.6 is 23.2 Å². The molecule has 1 aromatic carbocycles. The van der Waals surface area contributed by atoms with Gasteiger partial charge in [0.05, 0.1) is 11.0 Å². The van der Waals surface area contributed by atoms with Crippen LogP contribution in [0.25, 0.3) is 0 Å². The van der Waals surface area contributed by atoms with Crippen molar-refractivity contribution in [3.63, 3.8) is 0 Å². The summed E-state index contributed by atoms with van der Waals surface area (Å²) in [5, 5.41) is 5.43. The molecular weight excluding hydrogens is 516 g/mol. The van der Waals surface area contributed by atoms with Crippen molar-refractivity contribution in [1.29, 1.82) is 0 Å². The number of halogens is 5. The van der Waals surface area contributed by atoms with Crippen molar-refractivity contribution in [3.05, 3.63) is 69.4 Å². The molecule has 1 saturated carbocycles. The average Bonchev–Trinajstić information content (AvgIpc) is 3.52. The predicted octanol–water partition coefficient (Wildman–Crippen LogP) is 4.56. The van der Waals surface area contributed by atoms with Crippen LogP contribution in [0.5, 0.6) is 0 Å². The number of hydrogen-bond donors (Lipinski definition) is 1. The highest BCUT2D eigenvalue weighted by atomic mass is 35.5. The topological polar surface area (TPSA) is 84.3 Å². The molecule has 0 spiro atoms. The number of aromatic nitrogens is 3. The molecule has 5 rings (SSSR count). The Hall–Kier alpha value is -2.40. The van der Waals surface area contributed by atoms with E-state index in [0.717, 1.165) is 30.7 Å². The van der Waals surface area contributed by atoms with Gasteiger partial charge in [-0.3, -0.25) is 4.90 Å². The van der Waals surface area contributed by atoms with Gasteiger partial charge in [0.15, 0.2) is 5.82 Å². The molecule has 1 atom stereocenters. The minimum absolute atomic E-state index is 0.00436. The summed E-state index contributed by atoms with van der Waals surface area (Å²) < 4.78 is 44.0. The monoisotopic (exact) mass is 540 g/mol. The molecule has 0 bridgehead atoms. The lowest BCUT2D eigenvalue weighted by Crippen LogP contribution is -2.53. The highest BCUT2D eigenvalue weighted by Gasteiger charge is 2.51. The highest BCUT2D eigenvalue weighted by Crippen LogP contribution is 2.54. The maximum Gasteiger partial charge on any atom is 0.417 e. The fourth-order valence-corrected chi connectivity index (χ4v) is 5.36. The van der Waals surface area contributed by atoms with Gasteiger partial charge in [0.25, 0.3) is 0 Å². The summed E-state index contributed by atoms with van der Waals surface area (Å²) in [5.74, 6) is 1.67. The van der Waals surface area contributed by atoms with Gasteiger partial charge in [0.1, 0.15) is 5.82 Å². The molecule has 1 unspecified atom stereocenters. The van der Waals surface area contributed by atoms with E-state index in [4.69, 9.17) is 38.4 Å². The Morgan fingerprint density at radius 3 is 2.42 bits per heavy atom. The molecule has 2 aromatic heterocycles. The largest absolute Gasteiger partial charge is 0.417 e. The number of anilines is 1. The second-order valence-electron chi connectivity index (χ2n) is 9.24. The number of benzene rings is 1. The van der Waals surface area contributed by atoms with Crippen molar-refractivity contribution < 1.29 is 17.7 Å². The molecule has 0 amide bonds. The molecule has 0 radical (unpaired) electrons. The number of pyridine rings is 1. The first-order valence-corrected chi connectivity index (χ1v) is 12.5. The quantitative estimate of drug-likeness (QED) is 0.470. The lowest BCUT2D eigenvalue weighted by molar-refractivity contribution is -0.137. The molecule has 1 aliphatic carbocycles. The maximum atomic E-state index is 12.8. The second-order valence-corrected chi connectivity index (χ2v) is 10.1. The van der Waals surface area contributed by atoms with Crippen molar-refractivity contribution in [1.82, 2.24) is 20.0 Å². The van der Waals surface area contributed by atoms with Crippen LogP contribution in [0.2, 0.25) is 10.0 Å². The van der Waals surface area contributed by atoms with Crippen molar-refractivity contribution in [2.24, 2.45) is 5.73 Å². The molecule has 192 valence electrons. The zero-order chi connectivity index (χ0) is 25.5. The molecule has 1 aliphatic heterocycles. The van der Waals surface area contributed by atoms with E-state index < -0.39 is 11.7 Å². The Labute approximate surface area is 216 Å². The van der Waals surface area contributed by atoms with Crippen molar-refractivity contribution >= 4 is 29.0 Å². The van der Waals surface area contributed by atoms with E-state index in [1.165, 1.54) is 6.07 Å². The van der Waals surface area contributed by atoms with Gasteiger partial charge >= 0.3 is 6.18 Å². The molecule has 36 heavy (non-hydrogen) atoms. The third kappa shape index (κ3) is 5.04. The van der Waals surface area contributed by atoms with Gasteiger partial charge in [-0.1, -0.05) is 34.4 Å². The first-order valence-electron chi connectivity index (χ1n) is 11.7. The Morgan fingerprint density at radius 1 is 1.08 bits per heavy atom. The molecule has 3 heterocycles. The first kappa shape index (κ1) is 25.3. The number of alkyl halides is 3. The lowest BCUT2D eigenvalue weighted by atomic mass is 9.95. The van der Waals surface area contributed by atoms with Crippen LogP contribution < -0.4 is 10.6 Å². The van der Waals surface area contributed by atoms with Crippen LogP contribution in [0.4, 0.5) is 19.0 Å². The molecule has 2 aliphatic rings. The van der Waals surface area contributed by atoms with Gasteiger partial charge in [0.2, 0.25) is 5.89 Å². The van der Waals surface area contributed by atoms with E-state index in [1.54, 1.807) is 6.07 Å². The lowest BCUT2D eigenvalue weighted by Gasteiger charge is -2.39. The van der Waals surface area contributed by atoms with Gasteiger partial charge in [-0.2, -0.15) is 18.2 Å². The van der Waals surface area contributed by atoms with Crippen molar-refractivity contribution in [2.45, 2.75) is 36.9 Å². The third-order valence-electron chi connectivity index (χ3n) is 7.00. The van der Waals surface area contributed by atoms with E-state index in [-0.39, 0.29) is 11.5 Å². The summed E-state index contributed by atoms with van der Waals surface area (Å²) in [6.07, 6.45) is -1.25. The normalized spacial score (nSPS) is 18.9. The van der Waals surface area contributed by atoms with E-state index >= 15 is 0 Å². The van der Waals surface area contributed by atoms with Crippen LogP contribution in [0, 0.1) is 0 Å². The minimum atomic E-state index is -4.40. The zero-order valence-electron chi connectivity index (χ0n) is 19.3. The van der Waals surface area contributed by atoms with E-state index in [1.807, 2.05) is 17.0 Å². The SMILES string of the molecule is NCC(Cc1nc(C2(c3ccc(Cl)cc3Cl)CC2)no1)N1CCN(c2ccc(C(F)(F)F)cn2)CC1. The van der Waals surface area contributed by atoms with Crippen LogP contribution in [0.15, 0.2) is 41.1 Å². The standard InChI is InChI=1S/C24H25Cl2F3N6O/c25-16-2-3-18(19(26)11-16)23(5-6-23)22-32-21(36-33-22)12-17(13-30)34-7-9-35(10-8-34)20-4-1-15(14-31-20)24(27,28)29/h1-4,11,14,17H,5-10,12-13,30H2. The Kier molecular flexibility index (Phi) is 6.88. The molecule has 2 N–H and O–H groups in total. The number of nitrogens with zero attached hydrogens (tertiary/aromatic N) is 5. The van der Waals surface area contributed by atoms with Crippen LogP contribution in [-0.4, -0.2) is 58.8 Å². The fraction of sp³-hybridized carbons (Fsp3) is 0.458. The van der Waals surface area contributed by atoms with Gasteiger partial charge in [-0.25, -0.2) is 4.98 Å². The predicted molar refractivity (Wildman–Crippen MR) is 130 cm³/mol. The Bertz CT molecular complexity index is 1210. The zero-order valence-corrected chi connectivity index (χ0v) is 20.8. The number of piperazine rings is 1. The van der Waals surface area contributed by atoms with Gasteiger partial charge < -0.3 is 15.2 Å². The van der Waals surface area contributed by atoms with Crippen molar-refractivity contribution in [3.8, 4) is 0 Å². The summed E-state index contributed by atoms with van der Waals surface area (Å²) in [6.45, 7) is 3.04. The number of nitrogens with two attached hydrogens (primary N) is 1. The molecule has 7 nitrogen and oxygen atoms in total. The van der Waals surface area contributed by atoms with Crippen LogP contribution in [0.3, 0.4) is 0 Å². The summed E-state index contributed by atoms with van der Waals surface area (Å²) in [7, 11) is 0. The van der Waals surface area contributed by atoms with Gasteiger partial charge in [0, 0.05) is 61.4 Å². The highest BCUT2D eigenvalue weighted by molar-refractivity contribution is 6.35. The van der Waals surface area contributed by atoms with Crippen LogP contribution in [-0.2, 0) is 18.0 Å². The number of rotatable bonds is 7. The fourth-order valence-electron chi connectivity index (χ4n) is 4.77.